The number of carbonyl (C=O) groups is 1. The van der Waals surface area contributed by atoms with Crippen molar-refractivity contribution in [2.75, 3.05) is 19.0 Å². The Labute approximate surface area is 204 Å². The van der Waals surface area contributed by atoms with Crippen molar-refractivity contribution in [3.8, 4) is 22.1 Å². The molecule has 1 atom stereocenters. The van der Waals surface area contributed by atoms with E-state index in [1.54, 1.807) is 19.2 Å². The van der Waals surface area contributed by atoms with E-state index in [-0.39, 0.29) is 16.9 Å². The van der Waals surface area contributed by atoms with Gasteiger partial charge in [0.05, 0.1) is 23.4 Å². The Morgan fingerprint density at radius 1 is 1.15 bits per heavy atom. The molecule has 11 heteroatoms. The highest BCUT2D eigenvalue weighted by Gasteiger charge is 2.19. The molecule has 0 fully saturated rings. The van der Waals surface area contributed by atoms with E-state index in [0.717, 1.165) is 22.6 Å². The van der Waals surface area contributed by atoms with Crippen LogP contribution in [-0.4, -0.2) is 44.9 Å². The molecule has 0 aliphatic heterocycles. The highest BCUT2D eigenvalue weighted by Crippen LogP contribution is 2.33. The van der Waals surface area contributed by atoms with Gasteiger partial charge in [0.2, 0.25) is 5.13 Å². The van der Waals surface area contributed by atoms with E-state index < -0.39 is 12.0 Å². The topological polar surface area (TPSA) is 119 Å². The molecule has 0 radical (unpaired) electrons. The van der Waals surface area contributed by atoms with Crippen molar-refractivity contribution in [2.24, 2.45) is 0 Å². The molecule has 174 valence electrons. The summed E-state index contributed by atoms with van der Waals surface area (Å²) < 4.78 is 11.0. The average Bonchev–Trinajstić information content (AvgIpc) is 3.30. The van der Waals surface area contributed by atoms with Crippen molar-refractivity contribution in [1.29, 1.82) is 0 Å². The van der Waals surface area contributed by atoms with Crippen LogP contribution in [0.4, 0.5) is 5.13 Å². The first-order chi connectivity index (χ1) is 16.4. The highest BCUT2D eigenvalue weighted by molar-refractivity contribution is 7.17. The van der Waals surface area contributed by atoms with E-state index in [4.69, 9.17) is 21.1 Å². The second kappa shape index (κ2) is 10.6. The number of nitrogens with zero attached hydrogens (tertiary/aromatic N) is 4. The molecule has 0 bridgehead atoms. The van der Waals surface area contributed by atoms with Crippen molar-refractivity contribution >= 4 is 34.0 Å². The first-order valence-corrected chi connectivity index (χ1v) is 11.3. The van der Waals surface area contributed by atoms with Gasteiger partial charge in [-0.15, -0.1) is 5.10 Å². The fraction of sp³-hybridized carbons (Fsp3) is 0.174. The maximum absolute atomic E-state index is 13.1. The molecular formula is C23H20ClN5O4S. The van der Waals surface area contributed by atoms with Gasteiger partial charge < -0.3 is 14.6 Å². The zero-order valence-corrected chi connectivity index (χ0v) is 19.8. The van der Waals surface area contributed by atoms with Crippen molar-refractivity contribution in [3.05, 3.63) is 76.8 Å². The third-order valence-corrected chi connectivity index (χ3v) is 5.74. The number of hydrogen-bond donors (Lipinski definition) is 2. The summed E-state index contributed by atoms with van der Waals surface area (Å²) in [7, 11) is 1.58. The average molecular weight is 498 g/mol. The van der Waals surface area contributed by atoms with Crippen molar-refractivity contribution in [2.45, 2.75) is 13.0 Å². The number of halogens is 1. The Balaban J connectivity index is 1.46. The molecule has 1 aromatic carbocycles. The molecule has 0 saturated heterocycles. The quantitative estimate of drug-likeness (QED) is 0.369. The number of methoxy groups -OCH3 is 1. The Bertz CT molecular complexity index is 1300. The summed E-state index contributed by atoms with van der Waals surface area (Å²) in [5.74, 6) is 0.240. The van der Waals surface area contributed by atoms with Gasteiger partial charge in [0.15, 0.2) is 0 Å². The van der Waals surface area contributed by atoms with Crippen LogP contribution in [0.3, 0.4) is 0 Å². The van der Waals surface area contributed by atoms with E-state index in [1.807, 2.05) is 37.3 Å². The lowest BCUT2D eigenvalue weighted by Gasteiger charge is -2.13. The van der Waals surface area contributed by atoms with Gasteiger partial charge in [0, 0.05) is 29.2 Å². The lowest BCUT2D eigenvalue weighted by Crippen LogP contribution is -2.14. The number of carbonyl (C=O) groups excluding carboxylic acids is 1. The zero-order chi connectivity index (χ0) is 24.1. The lowest BCUT2D eigenvalue weighted by molar-refractivity contribution is 0.102. The summed E-state index contributed by atoms with van der Waals surface area (Å²) in [5.41, 5.74) is 2.99. The predicted molar refractivity (Wildman–Crippen MR) is 129 cm³/mol. The minimum atomic E-state index is -0.971. The summed E-state index contributed by atoms with van der Waals surface area (Å²) in [4.78, 5) is 21.4. The maximum Gasteiger partial charge on any atom is 0.295 e. The normalized spacial score (nSPS) is 11.6. The number of benzene rings is 1. The predicted octanol–water partition coefficient (Wildman–Crippen LogP) is 4.33. The molecule has 0 saturated carbocycles. The number of aliphatic hydroxyl groups excluding tert-OH is 1. The number of ether oxygens (including phenoxy) is 2. The van der Waals surface area contributed by atoms with Gasteiger partial charge in [-0.2, -0.15) is 0 Å². The molecule has 3 aromatic heterocycles. The van der Waals surface area contributed by atoms with Crippen LogP contribution in [0.25, 0.3) is 11.1 Å². The van der Waals surface area contributed by atoms with Gasteiger partial charge in [-0.1, -0.05) is 34.9 Å². The lowest BCUT2D eigenvalue weighted by atomic mass is 9.99. The molecule has 34 heavy (non-hydrogen) atoms. The molecule has 4 rings (SSSR count). The van der Waals surface area contributed by atoms with Gasteiger partial charge in [-0.25, -0.2) is 0 Å². The third kappa shape index (κ3) is 5.48. The number of nitrogens with one attached hydrogen (secondary N) is 1. The smallest absolute Gasteiger partial charge is 0.295 e. The monoisotopic (exact) mass is 497 g/mol. The second-order valence-electron chi connectivity index (χ2n) is 7.13. The van der Waals surface area contributed by atoms with E-state index in [0.29, 0.717) is 27.6 Å². The summed E-state index contributed by atoms with van der Waals surface area (Å²) in [5, 5.41) is 21.7. The standard InChI is InChI=1S/C23H20ClN5O4S/c1-13-9-16(15-5-3-4-6-20(15)32-2)17(11-25-13)21(31)27-22-28-29-23(34-22)33-12-19(30)18-8-7-14(24)10-26-18/h3-11,19,30H,12H2,1-2H3,(H,27,28,31)/t19-/m1/s1. The molecule has 9 nitrogen and oxygen atoms in total. The van der Waals surface area contributed by atoms with Gasteiger partial charge in [-0.3, -0.25) is 20.1 Å². The molecule has 1 amide bonds. The number of hydrogen-bond acceptors (Lipinski definition) is 9. The number of aromatic nitrogens is 4. The number of para-hydroxylation sites is 1. The Morgan fingerprint density at radius 2 is 1.97 bits per heavy atom. The molecular weight excluding hydrogens is 478 g/mol. The summed E-state index contributed by atoms with van der Waals surface area (Å²) in [6.45, 7) is 1.76. The van der Waals surface area contributed by atoms with Crippen LogP contribution in [0.2, 0.25) is 5.02 Å². The summed E-state index contributed by atoms with van der Waals surface area (Å²) >= 11 is 6.84. The Kier molecular flexibility index (Phi) is 7.31. The van der Waals surface area contributed by atoms with Gasteiger partial charge >= 0.3 is 0 Å². The number of rotatable bonds is 8. The molecule has 4 aromatic rings. The van der Waals surface area contributed by atoms with E-state index in [9.17, 15) is 9.90 Å². The van der Waals surface area contributed by atoms with Crippen LogP contribution >= 0.6 is 22.9 Å². The van der Waals surface area contributed by atoms with Crippen LogP contribution < -0.4 is 14.8 Å². The molecule has 0 spiro atoms. The molecule has 3 heterocycles. The number of aryl methyl sites for hydroxylation is 1. The van der Waals surface area contributed by atoms with Crippen molar-refractivity contribution in [1.82, 2.24) is 20.2 Å². The van der Waals surface area contributed by atoms with E-state index in [2.05, 4.69) is 25.5 Å². The number of pyridine rings is 2. The van der Waals surface area contributed by atoms with Gasteiger partial charge in [-0.05, 0) is 42.5 Å². The van der Waals surface area contributed by atoms with Gasteiger partial charge in [0.25, 0.3) is 11.1 Å². The van der Waals surface area contributed by atoms with E-state index in [1.165, 1.54) is 12.4 Å². The first kappa shape index (κ1) is 23.6. The number of anilines is 1. The van der Waals surface area contributed by atoms with Crippen LogP contribution in [-0.2, 0) is 0 Å². The van der Waals surface area contributed by atoms with Crippen molar-refractivity contribution < 1.29 is 19.4 Å². The third-order valence-electron chi connectivity index (χ3n) is 4.77. The first-order valence-electron chi connectivity index (χ1n) is 10.1. The minimum absolute atomic E-state index is 0.0863. The van der Waals surface area contributed by atoms with Gasteiger partial charge in [0.1, 0.15) is 18.5 Å². The van der Waals surface area contributed by atoms with Crippen LogP contribution in [0.15, 0.2) is 54.9 Å². The SMILES string of the molecule is COc1ccccc1-c1cc(C)ncc1C(=O)Nc1nnc(OC[C@@H](O)c2ccc(Cl)cn2)s1. The van der Waals surface area contributed by atoms with Crippen LogP contribution in [0.5, 0.6) is 10.9 Å². The second-order valence-corrected chi connectivity index (χ2v) is 8.50. The molecule has 0 aliphatic carbocycles. The minimum Gasteiger partial charge on any atom is -0.496 e. The highest BCUT2D eigenvalue weighted by atomic mass is 35.5. The Morgan fingerprint density at radius 3 is 2.74 bits per heavy atom. The number of amides is 1. The van der Waals surface area contributed by atoms with Crippen molar-refractivity contribution in [3.63, 3.8) is 0 Å². The molecule has 2 N–H and O–H groups in total. The number of aliphatic hydroxyl groups is 1. The molecule has 0 aliphatic rings. The largest absolute Gasteiger partial charge is 0.496 e. The Hall–Kier alpha value is -3.60. The van der Waals surface area contributed by atoms with E-state index >= 15 is 0 Å². The fourth-order valence-electron chi connectivity index (χ4n) is 3.13. The van der Waals surface area contributed by atoms with Crippen LogP contribution in [0, 0.1) is 6.92 Å². The maximum atomic E-state index is 13.1. The summed E-state index contributed by atoms with van der Waals surface area (Å²) in [6, 6.07) is 12.5. The van der Waals surface area contributed by atoms with Crippen LogP contribution in [0.1, 0.15) is 27.8 Å². The zero-order valence-electron chi connectivity index (χ0n) is 18.2. The fourth-order valence-corrected chi connectivity index (χ4v) is 3.84. The summed E-state index contributed by atoms with van der Waals surface area (Å²) in [6.07, 6.45) is 1.99. The molecule has 0 unspecified atom stereocenters.